The summed E-state index contributed by atoms with van der Waals surface area (Å²) in [5.41, 5.74) is 6.13. The van der Waals surface area contributed by atoms with Crippen molar-refractivity contribution >= 4 is 18.3 Å². The first-order valence-electron chi connectivity index (χ1n) is 2.94. The van der Waals surface area contributed by atoms with Crippen molar-refractivity contribution in [2.45, 2.75) is 0 Å². The Morgan fingerprint density at radius 3 is 2.64 bits per heavy atom. The molecule has 0 saturated heterocycles. The van der Waals surface area contributed by atoms with Crippen LogP contribution in [0.2, 0.25) is 0 Å². The summed E-state index contributed by atoms with van der Waals surface area (Å²) in [5, 5.41) is 0. The van der Waals surface area contributed by atoms with Crippen molar-refractivity contribution in [3.63, 3.8) is 0 Å². The molecule has 0 aromatic carbocycles. The fraction of sp³-hybridized carbons (Fsp3) is 0. The molecule has 0 fully saturated rings. The van der Waals surface area contributed by atoms with Crippen molar-refractivity contribution in [1.82, 2.24) is 4.98 Å². The molecule has 0 aliphatic carbocycles. The predicted molar refractivity (Wildman–Crippen MR) is 39.4 cm³/mol. The van der Waals surface area contributed by atoms with Crippen LogP contribution >= 0.6 is 0 Å². The number of aromatic nitrogens is 1. The first-order chi connectivity index (χ1) is 5.27. The maximum atomic E-state index is 10.3. The quantitative estimate of drug-likeness (QED) is 0.615. The van der Waals surface area contributed by atoms with Crippen LogP contribution in [-0.2, 0) is 0 Å². The minimum Gasteiger partial charge on any atom is -0.397 e. The van der Waals surface area contributed by atoms with Gasteiger partial charge in [-0.1, -0.05) is 0 Å². The smallest absolute Gasteiger partial charge is 0.168 e. The van der Waals surface area contributed by atoms with E-state index in [0.717, 1.165) is 0 Å². The number of rotatable bonds is 2. The molecule has 0 aliphatic heterocycles. The van der Waals surface area contributed by atoms with Crippen LogP contribution in [0.5, 0.6) is 0 Å². The molecular formula is C7H6N2O2. The monoisotopic (exact) mass is 150 g/mol. The standard InChI is InChI=1S/C7H6N2O2/c8-7-2-9-6(4-11)1-5(7)3-10/h1-4H,8H2. The van der Waals surface area contributed by atoms with Gasteiger partial charge in [-0.2, -0.15) is 0 Å². The van der Waals surface area contributed by atoms with E-state index in [9.17, 15) is 9.59 Å². The van der Waals surface area contributed by atoms with Crippen molar-refractivity contribution in [1.29, 1.82) is 0 Å². The van der Waals surface area contributed by atoms with E-state index in [1.54, 1.807) is 0 Å². The number of hydrogen-bond donors (Lipinski definition) is 1. The Bertz CT molecular complexity index is 296. The molecular weight excluding hydrogens is 144 g/mol. The SMILES string of the molecule is Nc1cnc(C=O)cc1C=O. The van der Waals surface area contributed by atoms with Gasteiger partial charge in [0.25, 0.3) is 0 Å². The van der Waals surface area contributed by atoms with Crippen LogP contribution in [0.25, 0.3) is 0 Å². The molecule has 1 aromatic rings. The molecule has 4 nitrogen and oxygen atoms in total. The molecule has 0 unspecified atom stereocenters. The van der Waals surface area contributed by atoms with Crippen molar-refractivity contribution in [2.75, 3.05) is 5.73 Å². The highest BCUT2D eigenvalue weighted by atomic mass is 16.1. The first kappa shape index (κ1) is 7.40. The summed E-state index contributed by atoms with van der Waals surface area (Å²) in [6, 6.07) is 1.34. The number of hydrogen-bond acceptors (Lipinski definition) is 4. The predicted octanol–water partition coefficient (Wildman–Crippen LogP) is 0.289. The van der Waals surface area contributed by atoms with E-state index in [4.69, 9.17) is 5.73 Å². The number of carbonyl (C=O) groups is 2. The molecule has 1 aromatic heterocycles. The summed E-state index contributed by atoms with van der Waals surface area (Å²) in [6.07, 6.45) is 2.43. The minimum atomic E-state index is 0.210. The second-order valence-electron chi connectivity index (χ2n) is 1.97. The summed E-state index contributed by atoms with van der Waals surface area (Å²) in [5.74, 6) is 0. The van der Waals surface area contributed by atoms with Gasteiger partial charge in [-0.25, -0.2) is 0 Å². The zero-order chi connectivity index (χ0) is 8.27. The maximum absolute atomic E-state index is 10.3. The van der Waals surface area contributed by atoms with E-state index in [-0.39, 0.29) is 11.4 Å². The molecule has 0 radical (unpaired) electrons. The van der Waals surface area contributed by atoms with E-state index in [1.807, 2.05) is 0 Å². The second-order valence-corrected chi connectivity index (χ2v) is 1.97. The Morgan fingerprint density at radius 1 is 1.36 bits per heavy atom. The molecule has 0 saturated carbocycles. The Morgan fingerprint density at radius 2 is 2.09 bits per heavy atom. The second kappa shape index (κ2) is 2.92. The van der Waals surface area contributed by atoms with Crippen molar-refractivity contribution < 1.29 is 9.59 Å². The van der Waals surface area contributed by atoms with Crippen LogP contribution < -0.4 is 5.73 Å². The lowest BCUT2D eigenvalue weighted by Crippen LogP contribution is -1.96. The van der Waals surface area contributed by atoms with Gasteiger partial charge in [-0.15, -0.1) is 0 Å². The van der Waals surface area contributed by atoms with Crippen molar-refractivity contribution in [3.05, 3.63) is 23.5 Å². The van der Waals surface area contributed by atoms with Gasteiger partial charge in [-0.3, -0.25) is 14.6 Å². The van der Waals surface area contributed by atoms with E-state index < -0.39 is 0 Å². The van der Waals surface area contributed by atoms with Crippen LogP contribution in [0, 0.1) is 0 Å². The maximum Gasteiger partial charge on any atom is 0.168 e. The third kappa shape index (κ3) is 1.40. The molecule has 0 aliphatic rings. The van der Waals surface area contributed by atoms with Gasteiger partial charge in [-0.05, 0) is 6.07 Å². The van der Waals surface area contributed by atoms with Gasteiger partial charge in [0.1, 0.15) is 5.69 Å². The first-order valence-corrected chi connectivity index (χ1v) is 2.94. The number of anilines is 1. The van der Waals surface area contributed by atoms with Crippen LogP contribution in [-0.4, -0.2) is 17.6 Å². The highest BCUT2D eigenvalue weighted by molar-refractivity contribution is 5.86. The molecule has 1 rings (SSSR count). The molecule has 0 bridgehead atoms. The minimum absolute atomic E-state index is 0.210. The van der Waals surface area contributed by atoms with Crippen LogP contribution in [0.3, 0.4) is 0 Å². The molecule has 0 spiro atoms. The van der Waals surface area contributed by atoms with Crippen LogP contribution in [0.4, 0.5) is 5.69 Å². The Kier molecular flexibility index (Phi) is 1.96. The van der Waals surface area contributed by atoms with Gasteiger partial charge in [0.2, 0.25) is 0 Å². The Hall–Kier alpha value is -1.71. The van der Waals surface area contributed by atoms with E-state index >= 15 is 0 Å². The van der Waals surface area contributed by atoms with E-state index in [0.29, 0.717) is 18.1 Å². The fourth-order valence-electron chi connectivity index (χ4n) is 0.665. The number of pyridine rings is 1. The topological polar surface area (TPSA) is 73.0 Å². The summed E-state index contributed by atoms with van der Waals surface area (Å²) in [4.78, 5) is 24.1. The van der Waals surface area contributed by atoms with E-state index in [2.05, 4.69) is 4.98 Å². The number of nitrogen functional groups attached to an aromatic ring is 1. The number of carbonyl (C=O) groups excluding carboxylic acids is 2. The number of aldehydes is 2. The molecule has 4 heteroatoms. The third-order valence-corrected chi connectivity index (χ3v) is 1.24. The van der Waals surface area contributed by atoms with Crippen molar-refractivity contribution in [3.8, 4) is 0 Å². The lowest BCUT2D eigenvalue weighted by atomic mass is 10.2. The number of nitrogens with zero attached hydrogens (tertiary/aromatic N) is 1. The summed E-state index contributed by atoms with van der Waals surface area (Å²) >= 11 is 0. The Labute approximate surface area is 63.0 Å². The van der Waals surface area contributed by atoms with Crippen molar-refractivity contribution in [2.24, 2.45) is 0 Å². The molecule has 56 valence electrons. The molecule has 2 N–H and O–H groups in total. The largest absolute Gasteiger partial charge is 0.397 e. The van der Waals surface area contributed by atoms with Gasteiger partial charge in [0.15, 0.2) is 12.6 Å². The lowest BCUT2D eigenvalue weighted by molar-refractivity contribution is 0.111. The summed E-state index contributed by atoms with van der Waals surface area (Å²) in [7, 11) is 0. The van der Waals surface area contributed by atoms with Crippen LogP contribution in [0.15, 0.2) is 12.3 Å². The van der Waals surface area contributed by atoms with Gasteiger partial charge in [0, 0.05) is 5.56 Å². The highest BCUT2D eigenvalue weighted by Gasteiger charge is 1.98. The zero-order valence-corrected chi connectivity index (χ0v) is 5.65. The van der Waals surface area contributed by atoms with Gasteiger partial charge >= 0.3 is 0 Å². The molecule has 0 amide bonds. The summed E-state index contributed by atoms with van der Waals surface area (Å²) < 4.78 is 0. The molecule has 11 heavy (non-hydrogen) atoms. The molecule has 0 atom stereocenters. The highest BCUT2D eigenvalue weighted by Crippen LogP contribution is 2.06. The Balaban J connectivity index is 3.22. The lowest BCUT2D eigenvalue weighted by Gasteiger charge is -1.96. The normalized spacial score (nSPS) is 9.09. The van der Waals surface area contributed by atoms with Gasteiger partial charge in [0.05, 0.1) is 11.9 Å². The fourth-order valence-corrected chi connectivity index (χ4v) is 0.665. The summed E-state index contributed by atoms with van der Waals surface area (Å²) in [6.45, 7) is 0. The van der Waals surface area contributed by atoms with E-state index in [1.165, 1.54) is 12.3 Å². The molecule has 1 heterocycles. The third-order valence-electron chi connectivity index (χ3n) is 1.24. The zero-order valence-electron chi connectivity index (χ0n) is 5.65. The number of nitrogens with two attached hydrogens (primary N) is 1. The van der Waals surface area contributed by atoms with Crippen LogP contribution in [0.1, 0.15) is 20.8 Å². The van der Waals surface area contributed by atoms with Gasteiger partial charge < -0.3 is 5.73 Å². The average molecular weight is 150 g/mol. The average Bonchev–Trinajstić information content (AvgIpc) is 2.05.